The predicted molar refractivity (Wildman–Crippen MR) is 58.0 cm³/mol. The van der Waals surface area contributed by atoms with E-state index >= 15 is 0 Å². The van der Waals surface area contributed by atoms with E-state index < -0.39 is 0 Å². The van der Waals surface area contributed by atoms with Crippen molar-refractivity contribution in [3.63, 3.8) is 0 Å². The van der Waals surface area contributed by atoms with Crippen molar-refractivity contribution in [2.75, 3.05) is 7.11 Å². The topological polar surface area (TPSA) is 29.5 Å². The Labute approximate surface area is 85.6 Å². The van der Waals surface area contributed by atoms with E-state index in [2.05, 4.69) is 19.9 Å². The highest BCUT2D eigenvalue weighted by molar-refractivity contribution is 5.37. The number of allylic oxidation sites excluding steroid dienone is 4. The molecule has 0 atom stereocenters. The fraction of sp³-hybridized carbons (Fsp3) is 0.500. The lowest BCUT2D eigenvalue weighted by molar-refractivity contribution is 0.295. The Morgan fingerprint density at radius 3 is 2.50 bits per heavy atom. The van der Waals surface area contributed by atoms with Crippen molar-refractivity contribution in [2.45, 2.75) is 27.2 Å². The zero-order chi connectivity index (χ0) is 10.7. The molecule has 0 amide bonds. The molecule has 0 fully saturated rings. The molecule has 1 aliphatic carbocycles. The number of rotatable bonds is 2. The normalized spacial score (nSPS) is 17.8. The first-order valence-electron chi connectivity index (χ1n) is 4.89. The minimum absolute atomic E-state index is 0.367. The van der Waals surface area contributed by atoms with Crippen molar-refractivity contribution < 1.29 is 9.84 Å². The van der Waals surface area contributed by atoms with Gasteiger partial charge in [-0.3, -0.25) is 0 Å². The van der Waals surface area contributed by atoms with Crippen molar-refractivity contribution in [1.29, 1.82) is 0 Å². The van der Waals surface area contributed by atoms with Crippen LogP contribution in [0.25, 0.3) is 0 Å². The van der Waals surface area contributed by atoms with E-state index in [9.17, 15) is 5.11 Å². The summed E-state index contributed by atoms with van der Waals surface area (Å²) in [6.45, 7) is 6.26. The SMILES string of the molecule is COC1=C(C(C)C)C=C(C)CC(O)=C1. The van der Waals surface area contributed by atoms with Gasteiger partial charge in [-0.05, 0) is 18.4 Å². The van der Waals surface area contributed by atoms with Gasteiger partial charge in [0, 0.05) is 12.5 Å². The summed E-state index contributed by atoms with van der Waals surface area (Å²) in [7, 11) is 1.63. The molecule has 0 unspecified atom stereocenters. The van der Waals surface area contributed by atoms with Crippen molar-refractivity contribution >= 4 is 0 Å². The Bertz CT molecular complexity index is 306. The first-order valence-corrected chi connectivity index (χ1v) is 4.89. The number of ether oxygens (including phenoxy) is 1. The molecule has 0 aliphatic heterocycles. The van der Waals surface area contributed by atoms with Crippen molar-refractivity contribution in [1.82, 2.24) is 0 Å². The molecule has 2 heteroatoms. The average molecular weight is 194 g/mol. The molecule has 0 heterocycles. The second-order valence-electron chi connectivity index (χ2n) is 3.98. The van der Waals surface area contributed by atoms with Crippen LogP contribution in [0.2, 0.25) is 0 Å². The van der Waals surface area contributed by atoms with Crippen LogP contribution in [0.15, 0.2) is 34.8 Å². The van der Waals surface area contributed by atoms with Crippen LogP contribution in [0.3, 0.4) is 0 Å². The molecule has 0 radical (unpaired) electrons. The average Bonchev–Trinajstić information content (AvgIpc) is 2.23. The van der Waals surface area contributed by atoms with E-state index in [1.165, 1.54) is 0 Å². The first kappa shape index (κ1) is 10.9. The summed E-state index contributed by atoms with van der Waals surface area (Å²) in [5, 5.41) is 9.57. The summed E-state index contributed by atoms with van der Waals surface area (Å²) < 4.78 is 5.26. The Morgan fingerprint density at radius 1 is 1.36 bits per heavy atom. The van der Waals surface area contributed by atoms with E-state index in [0.717, 1.165) is 16.9 Å². The second kappa shape index (κ2) is 4.36. The summed E-state index contributed by atoms with van der Waals surface area (Å²) in [4.78, 5) is 0. The van der Waals surface area contributed by atoms with Crippen LogP contribution < -0.4 is 0 Å². The highest BCUT2D eigenvalue weighted by Gasteiger charge is 2.12. The number of methoxy groups -OCH3 is 1. The fourth-order valence-electron chi connectivity index (χ4n) is 1.59. The van der Waals surface area contributed by atoms with Crippen LogP contribution in [-0.4, -0.2) is 12.2 Å². The number of hydrogen-bond acceptors (Lipinski definition) is 2. The molecule has 2 nitrogen and oxygen atoms in total. The van der Waals surface area contributed by atoms with Gasteiger partial charge in [-0.1, -0.05) is 25.5 Å². The third-order valence-corrected chi connectivity index (χ3v) is 2.29. The van der Waals surface area contributed by atoms with Gasteiger partial charge in [0.2, 0.25) is 0 Å². The maximum atomic E-state index is 9.57. The zero-order valence-electron chi connectivity index (χ0n) is 9.29. The van der Waals surface area contributed by atoms with Gasteiger partial charge in [0.15, 0.2) is 0 Å². The largest absolute Gasteiger partial charge is 0.512 e. The smallest absolute Gasteiger partial charge is 0.125 e. The molecular weight excluding hydrogens is 176 g/mol. The van der Waals surface area contributed by atoms with Crippen molar-refractivity contribution in [2.24, 2.45) is 5.92 Å². The minimum atomic E-state index is 0.367. The highest BCUT2D eigenvalue weighted by atomic mass is 16.5. The standard InChI is InChI=1S/C12H18O2/c1-8(2)11-6-9(3)5-10(13)7-12(11)14-4/h6-8,13H,5H2,1-4H3. The highest BCUT2D eigenvalue weighted by Crippen LogP contribution is 2.25. The van der Waals surface area contributed by atoms with Crippen molar-refractivity contribution in [3.8, 4) is 0 Å². The van der Waals surface area contributed by atoms with Gasteiger partial charge in [0.25, 0.3) is 0 Å². The molecule has 0 saturated carbocycles. The summed E-state index contributed by atoms with van der Waals surface area (Å²) >= 11 is 0. The maximum absolute atomic E-state index is 9.57. The predicted octanol–water partition coefficient (Wildman–Crippen LogP) is 3.33. The number of aliphatic hydroxyl groups is 1. The molecule has 1 N–H and O–H groups in total. The van der Waals surface area contributed by atoms with Gasteiger partial charge in [-0.15, -0.1) is 0 Å². The van der Waals surface area contributed by atoms with E-state index in [4.69, 9.17) is 4.74 Å². The molecule has 0 aromatic carbocycles. The van der Waals surface area contributed by atoms with Gasteiger partial charge in [-0.25, -0.2) is 0 Å². The van der Waals surface area contributed by atoms with Gasteiger partial charge in [0.05, 0.1) is 12.9 Å². The monoisotopic (exact) mass is 194 g/mol. The molecule has 0 aromatic heterocycles. The Kier molecular flexibility index (Phi) is 3.39. The van der Waals surface area contributed by atoms with Crippen LogP contribution in [0.1, 0.15) is 27.2 Å². The molecule has 78 valence electrons. The Balaban J connectivity index is 3.19. The van der Waals surface area contributed by atoms with Crippen LogP contribution in [-0.2, 0) is 4.74 Å². The molecule has 0 saturated heterocycles. The van der Waals surface area contributed by atoms with Crippen LogP contribution in [0.4, 0.5) is 0 Å². The molecule has 0 bridgehead atoms. The van der Waals surface area contributed by atoms with Crippen molar-refractivity contribution in [3.05, 3.63) is 34.8 Å². The van der Waals surface area contributed by atoms with E-state index in [-0.39, 0.29) is 0 Å². The lowest BCUT2D eigenvalue weighted by Crippen LogP contribution is -1.97. The zero-order valence-corrected chi connectivity index (χ0v) is 9.29. The van der Waals surface area contributed by atoms with E-state index in [0.29, 0.717) is 18.1 Å². The molecule has 0 spiro atoms. The molecule has 1 rings (SSSR count). The van der Waals surface area contributed by atoms with Gasteiger partial charge < -0.3 is 9.84 Å². The fourth-order valence-corrected chi connectivity index (χ4v) is 1.59. The van der Waals surface area contributed by atoms with Crippen LogP contribution in [0.5, 0.6) is 0 Å². The third kappa shape index (κ3) is 2.41. The lowest BCUT2D eigenvalue weighted by atomic mass is 10.00. The summed E-state index contributed by atoms with van der Waals surface area (Å²) in [6, 6.07) is 0. The minimum Gasteiger partial charge on any atom is -0.512 e. The van der Waals surface area contributed by atoms with Gasteiger partial charge in [0.1, 0.15) is 5.76 Å². The maximum Gasteiger partial charge on any atom is 0.125 e. The summed E-state index contributed by atoms with van der Waals surface area (Å²) in [6.07, 6.45) is 4.43. The summed E-state index contributed by atoms with van der Waals surface area (Å²) in [5.41, 5.74) is 2.31. The second-order valence-corrected chi connectivity index (χ2v) is 3.98. The van der Waals surface area contributed by atoms with E-state index in [1.54, 1.807) is 13.2 Å². The lowest BCUT2D eigenvalue weighted by Gasteiger charge is -2.10. The van der Waals surface area contributed by atoms with Crippen LogP contribution in [0, 0.1) is 5.92 Å². The molecule has 14 heavy (non-hydrogen) atoms. The molecule has 0 aromatic rings. The Morgan fingerprint density at radius 2 is 2.00 bits per heavy atom. The number of hydrogen-bond donors (Lipinski definition) is 1. The van der Waals surface area contributed by atoms with Gasteiger partial charge >= 0.3 is 0 Å². The number of aliphatic hydroxyl groups excluding tert-OH is 1. The van der Waals surface area contributed by atoms with E-state index in [1.807, 2.05) is 6.92 Å². The first-order chi connectivity index (χ1) is 6.54. The quantitative estimate of drug-likeness (QED) is 0.730. The summed E-state index contributed by atoms with van der Waals surface area (Å²) in [5.74, 6) is 1.54. The Hall–Kier alpha value is -1.18. The molecule has 1 aliphatic rings. The van der Waals surface area contributed by atoms with Gasteiger partial charge in [-0.2, -0.15) is 0 Å². The van der Waals surface area contributed by atoms with Crippen LogP contribution >= 0.6 is 0 Å². The molecular formula is C12H18O2. The third-order valence-electron chi connectivity index (χ3n) is 2.29.